The minimum Gasteiger partial charge on any atom is -0.327 e. The standard InChI is InChI=1S/C16H21F4N/c1-2-3-10-4-7-15(21)12(8-10)11-5-6-14(17)13(9-11)16(18,19)20/h5-6,9-10,12,15H,2-4,7-8,21H2,1H3. The molecule has 0 spiro atoms. The molecule has 118 valence electrons. The maximum absolute atomic E-state index is 13.4. The molecular formula is C16H21F4N. The summed E-state index contributed by atoms with van der Waals surface area (Å²) in [6.07, 6.45) is 0.0902. The van der Waals surface area contributed by atoms with Gasteiger partial charge in [-0.05, 0) is 48.8 Å². The van der Waals surface area contributed by atoms with Gasteiger partial charge in [-0.15, -0.1) is 0 Å². The van der Waals surface area contributed by atoms with Crippen molar-refractivity contribution in [2.75, 3.05) is 0 Å². The molecule has 1 aromatic carbocycles. The Morgan fingerprint density at radius 2 is 1.95 bits per heavy atom. The van der Waals surface area contributed by atoms with E-state index in [-0.39, 0.29) is 12.0 Å². The van der Waals surface area contributed by atoms with Crippen molar-refractivity contribution in [1.29, 1.82) is 0 Å². The van der Waals surface area contributed by atoms with E-state index in [0.29, 0.717) is 11.5 Å². The second-order valence-electron chi connectivity index (χ2n) is 5.98. The number of hydrogen-bond acceptors (Lipinski definition) is 1. The van der Waals surface area contributed by atoms with Gasteiger partial charge in [0, 0.05) is 6.04 Å². The molecule has 21 heavy (non-hydrogen) atoms. The summed E-state index contributed by atoms with van der Waals surface area (Å²) in [4.78, 5) is 0. The normalized spacial score (nSPS) is 26.9. The summed E-state index contributed by atoms with van der Waals surface area (Å²) in [5.41, 5.74) is 5.41. The molecule has 1 nitrogen and oxygen atoms in total. The van der Waals surface area contributed by atoms with Crippen molar-refractivity contribution in [3.8, 4) is 0 Å². The van der Waals surface area contributed by atoms with E-state index in [4.69, 9.17) is 5.73 Å². The zero-order valence-corrected chi connectivity index (χ0v) is 12.1. The molecule has 3 atom stereocenters. The average molecular weight is 303 g/mol. The van der Waals surface area contributed by atoms with Crippen molar-refractivity contribution in [3.63, 3.8) is 0 Å². The largest absolute Gasteiger partial charge is 0.419 e. The minimum absolute atomic E-state index is 0.114. The van der Waals surface area contributed by atoms with Gasteiger partial charge in [-0.3, -0.25) is 0 Å². The van der Waals surface area contributed by atoms with Crippen LogP contribution in [0.5, 0.6) is 0 Å². The van der Waals surface area contributed by atoms with Crippen LogP contribution in [0.15, 0.2) is 18.2 Å². The molecular weight excluding hydrogens is 282 g/mol. The van der Waals surface area contributed by atoms with Gasteiger partial charge in [-0.1, -0.05) is 25.8 Å². The molecule has 2 rings (SSSR count). The van der Waals surface area contributed by atoms with Crippen LogP contribution in [-0.4, -0.2) is 6.04 Å². The van der Waals surface area contributed by atoms with E-state index >= 15 is 0 Å². The van der Waals surface area contributed by atoms with Gasteiger partial charge in [0.2, 0.25) is 0 Å². The first-order valence-electron chi connectivity index (χ1n) is 7.45. The fourth-order valence-electron chi connectivity index (χ4n) is 3.33. The Hall–Kier alpha value is -1.10. The highest BCUT2D eigenvalue weighted by atomic mass is 19.4. The van der Waals surface area contributed by atoms with Crippen molar-refractivity contribution < 1.29 is 17.6 Å². The van der Waals surface area contributed by atoms with Gasteiger partial charge in [0.05, 0.1) is 5.56 Å². The summed E-state index contributed by atoms with van der Waals surface area (Å²) >= 11 is 0. The van der Waals surface area contributed by atoms with Crippen molar-refractivity contribution in [2.45, 2.75) is 57.2 Å². The molecule has 0 amide bonds. The zero-order valence-electron chi connectivity index (χ0n) is 12.1. The molecule has 3 unspecified atom stereocenters. The van der Waals surface area contributed by atoms with Gasteiger partial charge < -0.3 is 5.73 Å². The summed E-state index contributed by atoms with van der Waals surface area (Å²) < 4.78 is 51.8. The van der Waals surface area contributed by atoms with Crippen LogP contribution in [-0.2, 0) is 6.18 Å². The monoisotopic (exact) mass is 303 g/mol. The van der Waals surface area contributed by atoms with Gasteiger partial charge in [-0.25, -0.2) is 4.39 Å². The molecule has 0 aliphatic heterocycles. The zero-order chi connectivity index (χ0) is 15.6. The van der Waals surface area contributed by atoms with Crippen LogP contribution in [0.25, 0.3) is 0 Å². The first-order valence-corrected chi connectivity index (χ1v) is 7.45. The van der Waals surface area contributed by atoms with Crippen molar-refractivity contribution in [3.05, 3.63) is 35.1 Å². The quantitative estimate of drug-likeness (QED) is 0.793. The predicted molar refractivity (Wildman–Crippen MR) is 74.4 cm³/mol. The van der Waals surface area contributed by atoms with Gasteiger partial charge in [0.1, 0.15) is 5.82 Å². The van der Waals surface area contributed by atoms with E-state index in [1.165, 1.54) is 6.07 Å². The van der Waals surface area contributed by atoms with E-state index in [1.54, 1.807) is 0 Å². The Morgan fingerprint density at radius 3 is 2.57 bits per heavy atom. The summed E-state index contributed by atoms with van der Waals surface area (Å²) in [5.74, 6) is -0.836. The smallest absolute Gasteiger partial charge is 0.327 e. The SMILES string of the molecule is CCCC1CCC(N)C(c2ccc(F)c(C(F)(F)F)c2)C1. The van der Waals surface area contributed by atoms with Crippen LogP contribution >= 0.6 is 0 Å². The fraction of sp³-hybridized carbons (Fsp3) is 0.625. The Bertz CT molecular complexity index is 484. The molecule has 1 aliphatic rings. The lowest BCUT2D eigenvalue weighted by atomic mass is 9.73. The third kappa shape index (κ3) is 3.76. The molecule has 1 fully saturated rings. The summed E-state index contributed by atoms with van der Waals surface area (Å²) in [6, 6.07) is 3.15. The molecule has 0 bridgehead atoms. The third-order valence-electron chi connectivity index (χ3n) is 4.43. The average Bonchev–Trinajstić information content (AvgIpc) is 2.41. The van der Waals surface area contributed by atoms with Crippen LogP contribution < -0.4 is 5.73 Å². The lowest BCUT2D eigenvalue weighted by Gasteiger charge is -2.34. The van der Waals surface area contributed by atoms with Crippen molar-refractivity contribution in [1.82, 2.24) is 0 Å². The highest BCUT2D eigenvalue weighted by Gasteiger charge is 2.36. The van der Waals surface area contributed by atoms with Crippen LogP contribution in [0.2, 0.25) is 0 Å². The highest BCUT2D eigenvalue weighted by molar-refractivity contribution is 5.31. The Labute approximate surface area is 122 Å². The maximum Gasteiger partial charge on any atom is 0.419 e. The number of benzene rings is 1. The molecule has 1 aromatic rings. The Morgan fingerprint density at radius 1 is 1.24 bits per heavy atom. The Balaban J connectivity index is 2.27. The topological polar surface area (TPSA) is 26.0 Å². The molecule has 0 saturated heterocycles. The summed E-state index contributed by atoms with van der Waals surface area (Å²) in [7, 11) is 0. The second kappa shape index (κ2) is 6.34. The van der Waals surface area contributed by atoms with Crippen LogP contribution in [0.1, 0.15) is 56.1 Å². The lowest BCUT2D eigenvalue weighted by molar-refractivity contribution is -0.140. The van der Waals surface area contributed by atoms with E-state index in [9.17, 15) is 17.6 Å². The van der Waals surface area contributed by atoms with Crippen molar-refractivity contribution in [2.24, 2.45) is 11.7 Å². The van der Waals surface area contributed by atoms with E-state index in [2.05, 4.69) is 6.92 Å². The Kier molecular flexibility index (Phi) is 4.91. The summed E-state index contributed by atoms with van der Waals surface area (Å²) in [6.45, 7) is 2.10. The van der Waals surface area contributed by atoms with Gasteiger partial charge in [-0.2, -0.15) is 13.2 Å². The second-order valence-corrected chi connectivity index (χ2v) is 5.98. The van der Waals surface area contributed by atoms with Crippen molar-refractivity contribution >= 4 is 0 Å². The summed E-state index contributed by atoms with van der Waals surface area (Å²) in [5, 5.41) is 0. The molecule has 5 heteroatoms. The number of hydrogen-bond donors (Lipinski definition) is 1. The number of rotatable bonds is 3. The molecule has 0 aromatic heterocycles. The van der Waals surface area contributed by atoms with Crippen LogP contribution in [0.3, 0.4) is 0 Å². The van der Waals surface area contributed by atoms with Gasteiger partial charge >= 0.3 is 6.18 Å². The highest BCUT2D eigenvalue weighted by Crippen LogP contribution is 2.40. The maximum atomic E-state index is 13.4. The van der Waals surface area contributed by atoms with Gasteiger partial charge in [0.15, 0.2) is 0 Å². The number of halogens is 4. The fourth-order valence-corrected chi connectivity index (χ4v) is 3.33. The molecule has 0 radical (unpaired) electrons. The van der Waals surface area contributed by atoms with Crippen LogP contribution in [0.4, 0.5) is 17.6 Å². The third-order valence-corrected chi connectivity index (χ3v) is 4.43. The van der Waals surface area contributed by atoms with E-state index in [0.717, 1.165) is 44.2 Å². The minimum atomic E-state index is -4.67. The number of nitrogens with two attached hydrogens (primary N) is 1. The first kappa shape index (κ1) is 16.3. The molecule has 1 aliphatic carbocycles. The van der Waals surface area contributed by atoms with Gasteiger partial charge in [0.25, 0.3) is 0 Å². The molecule has 2 N–H and O–H groups in total. The molecule has 0 heterocycles. The molecule has 1 saturated carbocycles. The number of alkyl halides is 3. The first-order chi connectivity index (χ1) is 9.82. The van der Waals surface area contributed by atoms with E-state index in [1.807, 2.05) is 0 Å². The predicted octanol–water partition coefficient (Wildman–Crippen LogP) is 4.86. The lowest BCUT2D eigenvalue weighted by Crippen LogP contribution is -2.34. The van der Waals surface area contributed by atoms with E-state index < -0.39 is 17.6 Å². The van der Waals surface area contributed by atoms with Crippen LogP contribution in [0, 0.1) is 11.7 Å².